The molecule has 15 atom stereocenters. The Bertz CT molecular complexity index is 1250. The maximum atomic E-state index is 12.9. The van der Waals surface area contributed by atoms with Gasteiger partial charge in [0.25, 0.3) is 0 Å². The molecule has 0 bridgehead atoms. The van der Waals surface area contributed by atoms with Crippen molar-refractivity contribution in [2.45, 2.75) is 142 Å². The van der Waals surface area contributed by atoms with Crippen LogP contribution in [0, 0.1) is 56.7 Å². The number of aliphatic hydroxyl groups is 4. The summed E-state index contributed by atoms with van der Waals surface area (Å²) in [5.41, 5.74) is 0.780. The number of aliphatic hydroxyl groups excluding tert-OH is 4. The summed E-state index contributed by atoms with van der Waals surface area (Å²) in [5, 5.41) is 63.1. The minimum absolute atomic E-state index is 0.00775. The Morgan fingerprint density at radius 2 is 1.56 bits per heavy atom. The highest BCUT2D eigenvalue weighted by Crippen LogP contribution is 2.75. The number of fused-ring (bicyclic) bond motifs is 7. The van der Waals surface area contributed by atoms with Crippen molar-refractivity contribution < 1.29 is 45.0 Å². The molecule has 254 valence electrons. The highest BCUT2D eigenvalue weighted by Gasteiger charge is 2.68. The molecular formula is C36H56O9. The Kier molecular flexibility index (Phi) is 7.97. The van der Waals surface area contributed by atoms with Gasteiger partial charge >= 0.3 is 11.9 Å². The predicted octanol–water partition coefficient (Wildman–Crippen LogP) is 4.39. The van der Waals surface area contributed by atoms with Crippen LogP contribution in [0.2, 0.25) is 0 Å². The van der Waals surface area contributed by atoms with Gasteiger partial charge in [-0.1, -0.05) is 53.2 Å². The zero-order valence-corrected chi connectivity index (χ0v) is 27.9. The molecule has 0 amide bonds. The van der Waals surface area contributed by atoms with Crippen LogP contribution in [-0.4, -0.2) is 79.2 Å². The first kappa shape index (κ1) is 33.4. The van der Waals surface area contributed by atoms with Crippen LogP contribution in [0.3, 0.4) is 0 Å². The largest absolute Gasteiger partial charge is 0.481 e. The third kappa shape index (κ3) is 4.57. The Morgan fingerprint density at radius 1 is 0.889 bits per heavy atom. The van der Waals surface area contributed by atoms with E-state index in [0.717, 1.165) is 57.8 Å². The Balaban J connectivity index is 1.28. The van der Waals surface area contributed by atoms with Crippen LogP contribution in [0.1, 0.15) is 106 Å². The van der Waals surface area contributed by atoms with Crippen LogP contribution in [0.5, 0.6) is 0 Å². The second-order valence-corrected chi connectivity index (χ2v) is 17.6. The maximum Gasteiger partial charge on any atom is 0.335 e. The minimum atomic E-state index is -1.78. The van der Waals surface area contributed by atoms with Crippen LogP contribution in [-0.2, 0) is 14.3 Å². The second-order valence-electron chi connectivity index (χ2n) is 17.6. The van der Waals surface area contributed by atoms with Gasteiger partial charge < -0.3 is 35.4 Å². The van der Waals surface area contributed by atoms with E-state index in [9.17, 15) is 40.2 Å². The molecule has 6 N–H and O–H groups in total. The average Bonchev–Trinajstić information content (AvgIpc) is 2.95. The Labute approximate surface area is 267 Å². The lowest BCUT2D eigenvalue weighted by atomic mass is 9.34. The van der Waals surface area contributed by atoms with Crippen molar-refractivity contribution in [2.75, 3.05) is 0 Å². The normalized spacial score (nSPS) is 53.1. The van der Waals surface area contributed by atoms with Crippen molar-refractivity contribution in [3.05, 3.63) is 11.6 Å². The number of hydrogen-bond donors (Lipinski definition) is 6. The number of allylic oxidation sites excluding steroid dienone is 2. The van der Waals surface area contributed by atoms with Gasteiger partial charge in [0.15, 0.2) is 6.10 Å². The highest BCUT2D eigenvalue weighted by molar-refractivity contribution is 5.76. The summed E-state index contributed by atoms with van der Waals surface area (Å²) in [6.45, 7) is 14.1. The monoisotopic (exact) mass is 632 g/mol. The van der Waals surface area contributed by atoms with Crippen molar-refractivity contribution >= 4 is 11.9 Å². The van der Waals surface area contributed by atoms with E-state index in [1.165, 1.54) is 5.57 Å². The van der Waals surface area contributed by atoms with E-state index in [1.807, 2.05) is 0 Å². The number of carboxylic acid groups (broad SMARTS) is 2. The first-order valence-corrected chi connectivity index (χ1v) is 17.4. The van der Waals surface area contributed by atoms with E-state index in [1.54, 1.807) is 0 Å². The lowest BCUT2D eigenvalue weighted by Gasteiger charge is -2.70. The molecule has 6 unspecified atom stereocenters. The Hall–Kier alpha value is -1.52. The minimum Gasteiger partial charge on any atom is -0.481 e. The van der Waals surface area contributed by atoms with Gasteiger partial charge in [-0.3, -0.25) is 4.79 Å². The number of hydrogen-bond acceptors (Lipinski definition) is 7. The summed E-state index contributed by atoms with van der Waals surface area (Å²) in [6.07, 6.45) is 1.82. The molecule has 0 radical (unpaired) electrons. The van der Waals surface area contributed by atoms with E-state index in [0.29, 0.717) is 18.3 Å². The average molecular weight is 633 g/mol. The summed E-state index contributed by atoms with van der Waals surface area (Å²) < 4.78 is 5.57. The number of carboxylic acids is 2. The summed E-state index contributed by atoms with van der Waals surface area (Å²) >= 11 is 0. The number of ether oxygens (including phenoxy) is 1. The predicted molar refractivity (Wildman–Crippen MR) is 166 cm³/mol. The summed E-state index contributed by atoms with van der Waals surface area (Å²) in [5.74, 6) is -1.50. The van der Waals surface area contributed by atoms with Gasteiger partial charge in [-0.2, -0.15) is 0 Å². The zero-order chi connectivity index (χ0) is 33.1. The van der Waals surface area contributed by atoms with Gasteiger partial charge in [0.2, 0.25) is 0 Å². The zero-order valence-electron chi connectivity index (χ0n) is 27.9. The van der Waals surface area contributed by atoms with Crippen LogP contribution in [0.4, 0.5) is 0 Å². The van der Waals surface area contributed by atoms with Crippen LogP contribution < -0.4 is 0 Å². The third-order valence-electron chi connectivity index (χ3n) is 15.4. The van der Waals surface area contributed by atoms with Gasteiger partial charge in [0.05, 0.1) is 11.5 Å². The molecule has 1 saturated heterocycles. The van der Waals surface area contributed by atoms with Gasteiger partial charge in [-0.15, -0.1) is 0 Å². The Morgan fingerprint density at radius 3 is 2.20 bits per heavy atom. The van der Waals surface area contributed by atoms with E-state index < -0.39 is 54.0 Å². The standard InChI is InChI=1S/C36H56O9/c1-18-19(24(37)28-26(39)25(38)27(40)29(45-28)30(41)42)9-11-33(4)20(18)10-12-35(6)23(33)8-7-21-22-17-32(2,3)13-15-36(22,31(43)44)16-14-34(21,35)5/h7,18-20,22-29,37-40H,8-17H2,1-6H3,(H,41,42)(H,43,44)/t18-,19-,20?,22?,23?,24+,25?,26?,27-,28-,29?,33-,34+,35+,36-/m0/s1. The number of aliphatic carboxylic acids is 2. The number of rotatable bonds is 4. The van der Waals surface area contributed by atoms with Crippen molar-refractivity contribution in [1.29, 1.82) is 0 Å². The highest BCUT2D eigenvalue weighted by atomic mass is 16.6. The lowest BCUT2D eigenvalue weighted by molar-refractivity contribution is -0.256. The molecule has 0 aromatic heterocycles. The van der Waals surface area contributed by atoms with Gasteiger partial charge in [-0.25, -0.2) is 4.79 Å². The fraction of sp³-hybridized carbons (Fsp3) is 0.889. The third-order valence-corrected chi connectivity index (χ3v) is 15.4. The smallest absolute Gasteiger partial charge is 0.335 e. The summed E-state index contributed by atoms with van der Waals surface area (Å²) in [4.78, 5) is 24.6. The molecule has 4 saturated carbocycles. The van der Waals surface area contributed by atoms with Crippen LogP contribution in [0.15, 0.2) is 11.6 Å². The van der Waals surface area contributed by atoms with Crippen molar-refractivity contribution in [1.82, 2.24) is 0 Å². The van der Waals surface area contributed by atoms with Crippen molar-refractivity contribution in [3.8, 4) is 0 Å². The summed E-state index contributed by atoms with van der Waals surface area (Å²) in [6, 6.07) is 0. The molecule has 9 heteroatoms. The van der Waals surface area contributed by atoms with E-state index in [4.69, 9.17) is 4.74 Å². The second kappa shape index (κ2) is 10.7. The fourth-order valence-electron chi connectivity index (χ4n) is 12.4. The van der Waals surface area contributed by atoms with Gasteiger partial charge in [0, 0.05) is 0 Å². The lowest BCUT2D eigenvalue weighted by Crippen LogP contribution is -2.65. The SMILES string of the molecule is C[C@@H]1C2CC[C@]3(C)C(CC=C4C5CC(C)(C)CC[C@]5(C(=O)O)CC[C@]43C)[C@@]2(C)CC[C@@H]1[C@@H](O)[C@@H]1OC(C(=O)O)[C@@H](O)C(O)C1O. The fourth-order valence-corrected chi connectivity index (χ4v) is 12.4. The van der Waals surface area contributed by atoms with Crippen molar-refractivity contribution in [2.24, 2.45) is 56.7 Å². The molecule has 45 heavy (non-hydrogen) atoms. The maximum absolute atomic E-state index is 12.9. The number of carbonyl (C=O) groups is 2. The molecule has 9 nitrogen and oxygen atoms in total. The van der Waals surface area contributed by atoms with E-state index in [-0.39, 0.29) is 39.4 Å². The van der Waals surface area contributed by atoms with Gasteiger partial charge in [0.1, 0.15) is 24.4 Å². The molecular weight excluding hydrogens is 576 g/mol. The van der Waals surface area contributed by atoms with Crippen molar-refractivity contribution in [3.63, 3.8) is 0 Å². The van der Waals surface area contributed by atoms with Crippen LogP contribution >= 0.6 is 0 Å². The van der Waals surface area contributed by atoms with E-state index >= 15 is 0 Å². The van der Waals surface area contributed by atoms with E-state index in [2.05, 4.69) is 47.6 Å². The topological polar surface area (TPSA) is 165 Å². The summed E-state index contributed by atoms with van der Waals surface area (Å²) in [7, 11) is 0. The first-order chi connectivity index (χ1) is 20.8. The molecule has 5 fully saturated rings. The van der Waals surface area contributed by atoms with Gasteiger partial charge in [-0.05, 0) is 115 Å². The molecule has 6 aliphatic rings. The molecule has 0 aromatic carbocycles. The molecule has 6 rings (SSSR count). The molecule has 5 aliphatic carbocycles. The molecule has 1 heterocycles. The quantitative estimate of drug-likeness (QED) is 0.247. The molecule has 0 aromatic rings. The molecule has 0 spiro atoms. The van der Waals surface area contributed by atoms with Crippen LogP contribution in [0.25, 0.3) is 0 Å². The molecule has 1 aliphatic heterocycles. The first-order valence-electron chi connectivity index (χ1n) is 17.4.